The maximum absolute atomic E-state index is 12.6. The highest BCUT2D eigenvalue weighted by molar-refractivity contribution is 6.14. The van der Waals surface area contributed by atoms with Crippen molar-refractivity contribution < 1.29 is 19.1 Å². The van der Waals surface area contributed by atoms with Crippen molar-refractivity contribution in [2.45, 2.75) is 13.0 Å². The van der Waals surface area contributed by atoms with Gasteiger partial charge in [0.25, 0.3) is 5.91 Å². The number of nitrogens with zero attached hydrogens (tertiary/aromatic N) is 2. The number of hydrogen-bond acceptors (Lipinski definition) is 5. The summed E-state index contributed by atoms with van der Waals surface area (Å²) in [6, 6.07) is 5.94. The van der Waals surface area contributed by atoms with Gasteiger partial charge in [-0.25, -0.2) is 0 Å². The molecule has 3 rings (SSSR count). The van der Waals surface area contributed by atoms with Gasteiger partial charge in [-0.05, 0) is 36.8 Å². The average Bonchev–Trinajstić information content (AvgIpc) is 3.05. The summed E-state index contributed by atoms with van der Waals surface area (Å²) in [6.07, 6.45) is 3.14. The third kappa shape index (κ3) is 2.09. The van der Waals surface area contributed by atoms with Crippen molar-refractivity contribution in [3.63, 3.8) is 0 Å². The number of aliphatic hydroxyl groups is 1. The van der Waals surface area contributed by atoms with Gasteiger partial charge in [0.05, 0.1) is 11.6 Å². The van der Waals surface area contributed by atoms with E-state index in [1.54, 1.807) is 37.5 Å². The lowest BCUT2D eigenvalue weighted by Crippen LogP contribution is -2.26. The van der Waals surface area contributed by atoms with Gasteiger partial charge < -0.3 is 14.4 Å². The summed E-state index contributed by atoms with van der Waals surface area (Å²) in [7, 11) is 1.54. The van der Waals surface area contributed by atoms with E-state index in [1.807, 2.05) is 0 Å². The van der Waals surface area contributed by atoms with Crippen LogP contribution in [0.25, 0.3) is 0 Å². The van der Waals surface area contributed by atoms with Gasteiger partial charge in [0.2, 0.25) is 5.78 Å². The fourth-order valence-corrected chi connectivity index (χ4v) is 2.58. The Hall–Kier alpha value is -2.89. The molecule has 1 atom stereocenters. The Balaban J connectivity index is 2.09. The van der Waals surface area contributed by atoms with E-state index in [-0.39, 0.29) is 11.3 Å². The second-order valence-electron chi connectivity index (χ2n) is 5.10. The van der Waals surface area contributed by atoms with Crippen molar-refractivity contribution in [3.8, 4) is 0 Å². The number of amides is 1. The van der Waals surface area contributed by atoms with Crippen LogP contribution in [0.1, 0.15) is 27.9 Å². The Labute approximate surface area is 126 Å². The molecular weight excluding hydrogens is 284 g/mol. The average molecular weight is 298 g/mol. The van der Waals surface area contributed by atoms with Crippen LogP contribution < -0.4 is 0 Å². The van der Waals surface area contributed by atoms with Crippen LogP contribution >= 0.6 is 0 Å². The molecule has 1 aliphatic rings. The molecule has 2 aromatic rings. The first-order valence-electron chi connectivity index (χ1n) is 6.72. The first-order chi connectivity index (χ1) is 10.5. The zero-order valence-electron chi connectivity index (χ0n) is 12.1. The van der Waals surface area contributed by atoms with Crippen LogP contribution in [0, 0.1) is 6.92 Å². The molecule has 3 heterocycles. The standard InChI is InChI=1S/C16H14N2O4/c1-9-3-4-11(22-9)14(19)12-13(10-5-7-17-8-6-10)18(2)16(21)15(12)20/h3-8,13,20H,1-2H3. The zero-order chi connectivity index (χ0) is 15.9. The number of carbonyl (C=O) groups is 2. The molecule has 0 bridgehead atoms. The van der Waals surface area contributed by atoms with Crippen molar-refractivity contribution in [1.82, 2.24) is 9.88 Å². The van der Waals surface area contributed by atoms with Crippen LogP contribution in [0.4, 0.5) is 0 Å². The molecule has 0 radical (unpaired) electrons. The number of Topliss-reactive ketones (excluding diaryl/α,β-unsaturated/α-hetero) is 1. The summed E-state index contributed by atoms with van der Waals surface area (Å²) in [6.45, 7) is 1.72. The Kier molecular flexibility index (Phi) is 3.29. The minimum Gasteiger partial charge on any atom is -0.503 e. The molecule has 2 aromatic heterocycles. The second kappa shape index (κ2) is 5.14. The Morgan fingerprint density at radius 2 is 1.95 bits per heavy atom. The molecule has 1 aliphatic heterocycles. The highest BCUT2D eigenvalue weighted by atomic mass is 16.3. The first-order valence-corrected chi connectivity index (χ1v) is 6.72. The van der Waals surface area contributed by atoms with Crippen LogP contribution in [0.15, 0.2) is 52.4 Å². The van der Waals surface area contributed by atoms with E-state index in [0.29, 0.717) is 11.3 Å². The number of aryl methyl sites for hydroxylation is 1. The number of ketones is 1. The summed E-state index contributed by atoms with van der Waals surface area (Å²) in [5, 5.41) is 10.1. The molecule has 0 aromatic carbocycles. The third-order valence-corrected chi connectivity index (χ3v) is 3.67. The van der Waals surface area contributed by atoms with Gasteiger partial charge >= 0.3 is 0 Å². The van der Waals surface area contributed by atoms with Crippen molar-refractivity contribution in [3.05, 3.63) is 65.1 Å². The lowest BCUT2D eigenvalue weighted by atomic mass is 9.96. The summed E-state index contributed by atoms with van der Waals surface area (Å²) >= 11 is 0. The number of rotatable bonds is 3. The quantitative estimate of drug-likeness (QED) is 0.878. The van der Waals surface area contributed by atoms with Crippen molar-refractivity contribution >= 4 is 11.7 Å². The maximum Gasteiger partial charge on any atom is 0.289 e. The molecule has 1 amide bonds. The van der Waals surface area contributed by atoms with E-state index >= 15 is 0 Å². The number of aromatic nitrogens is 1. The third-order valence-electron chi connectivity index (χ3n) is 3.67. The van der Waals surface area contributed by atoms with Gasteiger partial charge in [0, 0.05) is 19.4 Å². The maximum atomic E-state index is 12.6. The fraction of sp³-hybridized carbons (Fsp3) is 0.188. The van der Waals surface area contributed by atoms with Gasteiger partial charge in [-0.3, -0.25) is 14.6 Å². The summed E-state index contributed by atoms with van der Waals surface area (Å²) in [4.78, 5) is 30.0. The summed E-state index contributed by atoms with van der Waals surface area (Å²) < 4.78 is 5.32. The molecule has 6 heteroatoms. The normalized spacial score (nSPS) is 18.2. The zero-order valence-corrected chi connectivity index (χ0v) is 12.1. The molecule has 1 unspecified atom stereocenters. The predicted octanol–water partition coefficient (Wildman–Crippen LogP) is 2.19. The molecule has 1 N–H and O–H groups in total. The minimum absolute atomic E-state index is 0.0213. The van der Waals surface area contributed by atoms with E-state index in [4.69, 9.17) is 4.42 Å². The van der Waals surface area contributed by atoms with Crippen LogP contribution in [0.2, 0.25) is 0 Å². The van der Waals surface area contributed by atoms with Crippen LogP contribution in [0.5, 0.6) is 0 Å². The van der Waals surface area contributed by atoms with Gasteiger partial charge in [0.1, 0.15) is 5.76 Å². The van der Waals surface area contributed by atoms with Crippen molar-refractivity contribution in [1.29, 1.82) is 0 Å². The molecule has 112 valence electrons. The monoisotopic (exact) mass is 298 g/mol. The van der Waals surface area contributed by atoms with E-state index in [0.717, 1.165) is 0 Å². The number of aliphatic hydroxyl groups excluding tert-OH is 1. The molecule has 6 nitrogen and oxygen atoms in total. The number of hydrogen-bond donors (Lipinski definition) is 1. The molecule has 0 fully saturated rings. The molecular formula is C16H14N2O4. The van der Waals surface area contributed by atoms with Gasteiger partial charge in [0.15, 0.2) is 11.5 Å². The largest absolute Gasteiger partial charge is 0.503 e. The highest BCUT2D eigenvalue weighted by Crippen LogP contribution is 2.37. The molecule has 0 aliphatic carbocycles. The topological polar surface area (TPSA) is 83.6 Å². The molecule has 0 spiro atoms. The molecule has 0 saturated carbocycles. The summed E-state index contributed by atoms with van der Waals surface area (Å²) in [5.41, 5.74) is 0.717. The molecule has 22 heavy (non-hydrogen) atoms. The van der Waals surface area contributed by atoms with E-state index in [1.165, 1.54) is 18.0 Å². The smallest absolute Gasteiger partial charge is 0.289 e. The predicted molar refractivity (Wildman–Crippen MR) is 77.2 cm³/mol. The molecule has 0 saturated heterocycles. The lowest BCUT2D eigenvalue weighted by molar-refractivity contribution is -0.128. The highest BCUT2D eigenvalue weighted by Gasteiger charge is 2.42. The SMILES string of the molecule is Cc1ccc(C(=O)C2=C(O)C(=O)N(C)C2c2ccncc2)o1. The van der Waals surface area contributed by atoms with E-state index in [9.17, 15) is 14.7 Å². The fourth-order valence-electron chi connectivity index (χ4n) is 2.58. The number of furan rings is 1. The van der Waals surface area contributed by atoms with Crippen molar-refractivity contribution in [2.75, 3.05) is 7.05 Å². The Morgan fingerprint density at radius 1 is 1.27 bits per heavy atom. The van der Waals surface area contributed by atoms with E-state index in [2.05, 4.69) is 4.98 Å². The van der Waals surface area contributed by atoms with Crippen LogP contribution in [0.3, 0.4) is 0 Å². The van der Waals surface area contributed by atoms with Crippen molar-refractivity contribution in [2.24, 2.45) is 0 Å². The van der Waals surface area contributed by atoms with Gasteiger partial charge in [-0.1, -0.05) is 0 Å². The number of pyridine rings is 1. The van der Waals surface area contributed by atoms with Crippen LogP contribution in [-0.2, 0) is 4.79 Å². The first kappa shape index (κ1) is 14.1. The minimum atomic E-state index is -0.659. The second-order valence-corrected chi connectivity index (χ2v) is 5.10. The Bertz CT molecular complexity index is 776. The van der Waals surface area contributed by atoms with Crippen LogP contribution in [-0.4, -0.2) is 33.7 Å². The van der Waals surface area contributed by atoms with Gasteiger partial charge in [-0.2, -0.15) is 0 Å². The van der Waals surface area contributed by atoms with E-state index < -0.39 is 23.5 Å². The summed E-state index contributed by atoms with van der Waals surface area (Å²) in [5.74, 6) is -0.940. The van der Waals surface area contributed by atoms with Gasteiger partial charge in [-0.15, -0.1) is 0 Å². The Morgan fingerprint density at radius 3 is 2.55 bits per heavy atom. The number of carbonyl (C=O) groups excluding carboxylic acids is 2. The lowest BCUT2D eigenvalue weighted by Gasteiger charge is -2.21. The number of likely N-dealkylation sites (N-methyl/N-ethyl adjacent to an activating group) is 1.